The van der Waals surface area contributed by atoms with Crippen LogP contribution in [-0.2, 0) is 0 Å². The maximum Gasteiger partial charge on any atom is 0.289 e. The smallest absolute Gasteiger partial charge is 0.272 e. The van der Waals surface area contributed by atoms with Gasteiger partial charge in [-0.1, -0.05) is 12.1 Å². The lowest BCUT2D eigenvalue weighted by Crippen LogP contribution is -2.17. The van der Waals surface area contributed by atoms with Crippen LogP contribution < -0.4 is 5.43 Å². The minimum absolute atomic E-state index is 0.00693. The summed E-state index contributed by atoms with van der Waals surface area (Å²) in [6, 6.07) is 13.5. The first-order valence-corrected chi connectivity index (χ1v) is 8.15. The molecule has 2 aromatic carbocycles. The number of nitro groups is 1. The number of carbonyl (C=O) groups is 1. The predicted molar refractivity (Wildman–Crippen MR) is 102 cm³/mol. The molecule has 0 saturated heterocycles. The fourth-order valence-electron chi connectivity index (χ4n) is 2.39. The quantitative estimate of drug-likeness (QED) is 0.411. The van der Waals surface area contributed by atoms with Crippen molar-refractivity contribution in [3.63, 3.8) is 0 Å². The molecule has 8 heteroatoms. The van der Waals surface area contributed by atoms with E-state index in [1.807, 2.05) is 32.0 Å². The van der Waals surface area contributed by atoms with E-state index in [4.69, 9.17) is 0 Å². The third-order valence-electron chi connectivity index (χ3n) is 4.11. The molecule has 27 heavy (non-hydrogen) atoms. The van der Waals surface area contributed by atoms with Gasteiger partial charge in [0.25, 0.3) is 11.6 Å². The molecule has 0 fully saturated rings. The van der Waals surface area contributed by atoms with Gasteiger partial charge < -0.3 is 0 Å². The topological polar surface area (TPSA) is 113 Å². The fourth-order valence-corrected chi connectivity index (χ4v) is 2.39. The third kappa shape index (κ3) is 4.24. The van der Waals surface area contributed by atoms with Crippen LogP contribution in [0.3, 0.4) is 0 Å². The number of rotatable bonds is 5. The van der Waals surface area contributed by atoms with Crippen molar-refractivity contribution in [2.75, 3.05) is 0 Å². The average molecular weight is 363 g/mol. The minimum atomic E-state index is -0.478. The summed E-state index contributed by atoms with van der Waals surface area (Å²) in [6.45, 7) is 4.05. The molecule has 0 aliphatic carbocycles. The summed E-state index contributed by atoms with van der Waals surface area (Å²) in [5, 5.41) is 21.3. The SMILES string of the molecule is Cc1ccc(-c2cc(C(=O)N/N=C\c3ccc([N+](=O)[O-])cc3)[nH]n2)cc1C. The first kappa shape index (κ1) is 18.0. The van der Waals surface area contributed by atoms with Crippen molar-refractivity contribution in [2.45, 2.75) is 13.8 Å². The van der Waals surface area contributed by atoms with Crippen molar-refractivity contribution in [3.8, 4) is 11.3 Å². The number of aromatic amines is 1. The Labute approximate surface area is 155 Å². The summed E-state index contributed by atoms with van der Waals surface area (Å²) in [6.07, 6.45) is 1.40. The van der Waals surface area contributed by atoms with Crippen LogP contribution in [0.4, 0.5) is 5.69 Å². The lowest BCUT2D eigenvalue weighted by molar-refractivity contribution is -0.384. The van der Waals surface area contributed by atoms with E-state index in [-0.39, 0.29) is 11.4 Å². The molecule has 1 heterocycles. The average Bonchev–Trinajstić information content (AvgIpc) is 3.14. The van der Waals surface area contributed by atoms with Gasteiger partial charge in [-0.3, -0.25) is 20.0 Å². The number of carbonyl (C=O) groups excluding carboxylic acids is 1. The van der Waals surface area contributed by atoms with E-state index in [2.05, 4.69) is 20.7 Å². The van der Waals surface area contributed by atoms with E-state index in [0.29, 0.717) is 11.3 Å². The number of amides is 1. The van der Waals surface area contributed by atoms with E-state index in [1.165, 1.54) is 23.9 Å². The highest BCUT2D eigenvalue weighted by Crippen LogP contribution is 2.20. The first-order valence-electron chi connectivity index (χ1n) is 8.15. The predicted octanol–water partition coefficient (Wildman–Crippen LogP) is 3.37. The first-order chi connectivity index (χ1) is 12.9. The molecule has 0 aliphatic rings. The van der Waals surface area contributed by atoms with Crippen molar-refractivity contribution in [3.05, 3.63) is 81.0 Å². The lowest BCUT2D eigenvalue weighted by atomic mass is 10.0. The summed E-state index contributed by atoms with van der Waals surface area (Å²) in [4.78, 5) is 22.3. The molecule has 1 amide bonds. The lowest BCUT2D eigenvalue weighted by Gasteiger charge is -2.01. The van der Waals surface area contributed by atoms with Gasteiger partial charge in [-0.2, -0.15) is 10.2 Å². The maximum absolute atomic E-state index is 12.2. The van der Waals surface area contributed by atoms with Gasteiger partial charge in [-0.15, -0.1) is 0 Å². The van der Waals surface area contributed by atoms with Crippen molar-refractivity contribution in [1.29, 1.82) is 0 Å². The Kier molecular flexibility index (Phi) is 5.07. The number of aryl methyl sites for hydroxylation is 2. The summed E-state index contributed by atoms with van der Waals surface area (Å²) >= 11 is 0. The molecule has 1 aromatic heterocycles. The van der Waals surface area contributed by atoms with Gasteiger partial charge in [0, 0.05) is 17.7 Å². The number of aromatic nitrogens is 2. The van der Waals surface area contributed by atoms with Crippen molar-refractivity contribution in [2.24, 2.45) is 5.10 Å². The molecular formula is C19H17N5O3. The Morgan fingerprint density at radius 2 is 1.89 bits per heavy atom. The molecule has 8 nitrogen and oxygen atoms in total. The Morgan fingerprint density at radius 3 is 2.56 bits per heavy atom. The summed E-state index contributed by atoms with van der Waals surface area (Å²) in [5.74, 6) is -0.434. The summed E-state index contributed by atoms with van der Waals surface area (Å²) in [5.41, 5.74) is 7.22. The highest BCUT2D eigenvalue weighted by atomic mass is 16.6. The zero-order valence-corrected chi connectivity index (χ0v) is 14.8. The largest absolute Gasteiger partial charge is 0.289 e. The van der Waals surface area contributed by atoms with Crippen molar-refractivity contribution < 1.29 is 9.72 Å². The van der Waals surface area contributed by atoms with Gasteiger partial charge in [0.15, 0.2) is 0 Å². The Balaban J connectivity index is 1.65. The molecule has 0 spiro atoms. The van der Waals surface area contributed by atoms with Gasteiger partial charge >= 0.3 is 0 Å². The van der Waals surface area contributed by atoms with Crippen molar-refractivity contribution >= 4 is 17.8 Å². The van der Waals surface area contributed by atoms with Gasteiger partial charge in [0.1, 0.15) is 5.69 Å². The Morgan fingerprint density at radius 1 is 1.15 bits per heavy atom. The molecule has 0 radical (unpaired) electrons. The number of hydrogen-bond donors (Lipinski definition) is 2. The standard InChI is InChI=1S/C19H17N5O3/c1-12-3-6-15(9-13(12)2)17-10-18(22-21-17)19(25)23-20-11-14-4-7-16(8-5-14)24(26)27/h3-11H,1-2H3,(H,21,22)(H,23,25)/b20-11-. The second kappa shape index (κ2) is 7.61. The van der Waals surface area contributed by atoms with E-state index >= 15 is 0 Å². The summed E-state index contributed by atoms with van der Waals surface area (Å²) < 4.78 is 0. The highest BCUT2D eigenvalue weighted by molar-refractivity contribution is 5.94. The van der Waals surface area contributed by atoms with Crippen LogP contribution in [0, 0.1) is 24.0 Å². The van der Waals surface area contributed by atoms with Crippen LogP contribution in [0.1, 0.15) is 27.2 Å². The van der Waals surface area contributed by atoms with Gasteiger partial charge in [-0.05, 0) is 54.8 Å². The van der Waals surface area contributed by atoms with E-state index in [1.54, 1.807) is 18.2 Å². The molecular weight excluding hydrogens is 346 g/mol. The van der Waals surface area contributed by atoms with Gasteiger partial charge in [0.05, 0.1) is 16.8 Å². The number of hydrazone groups is 1. The van der Waals surface area contributed by atoms with Crippen LogP contribution >= 0.6 is 0 Å². The van der Waals surface area contributed by atoms with Crippen molar-refractivity contribution in [1.82, 2.24) is 15.6 Å². The monoisotopic (exact) mass is 363 g/mol. The van der Waals surface area contributed by atoms with Crippen LogP contribution in [0.5, 0.6) is 0 Å². The number of non-ortho nitro benzene ring substituents is 1. The molecule has 0 bridgehead atoms. The number of nitro benzene ring substituents is 1. The molecule has 0 atom stereocenters. The second-order valence-electron chi connectivity index (χ2n) is 6.01. The molecule has 136 valence electrons. The van der Waals surface area contributed by atoms with E-state index in [9.17, 15) is 14.9 Å². The van der Waals surface area contributed by atoms with E-state index in [0.717, 1.165) is 11.1 Å². The summed E-state index contributed by atoms with van der Waals surface area (Å²) in [7, 11) is 0. The van der Waals surface area contributed by atoms with E-state index < -0.39 is 10.8 Å². The Bertz CT molecular complexity index is 1020. The number of benzene rings is 2. The third-order valence-corrected chi connectivity index (χ3v) is 4.11. The normalized spacial score (nSPS) is 10.9. The second-order valence-corrected chi connectivity index (χ2v) is 6.01. The number of H-pyrrole nitrogens is 1. The molecule has 0 unspecified atom stereocenters. The van der Waals surface area contributed by atoms with Gasteiger partial charge in [-0.25, -0.2) is 5.43 Å². The molecule has 0 aliphatic heterocycles. The van der Waals surface area contributed by atoms with Crippen LogP contribution in [-0.4, -0.2) is 27.2 Å². The zero-order valence-electron chi connectivity index (χ0n) is 14.8. The van der Waals surface area contributed by atoms with Crippen LogP contribution in [0.25, 0.3) is 11.3 Å². The van der Waals surface area contributed by atoms with Crippen LogP contribution in [0.15, 0.2) is 53.6 Å². The maximum atomic E-state index is 12.2. The molecule has 2 N–H and O–H groups in total. The Hall–Kier alpha value is -3.81. The molecule has 3 aromatic rings. The zero-order chi connectivity index (χ0) is 19.4. The highest BCUT2D eigenvalue weighted by Gasteiger charge is 2.11. The fraction of sp³-hybridized carbons (Fsp3) is 0.105. The number of hydrogen-bond acceptors (Lipinski definition) is 5. The molecule has 0 saturated carbocycles. The minimum Gasteiger partial charge on any atom is -0.272 e. The number of nitrogens with zero attached hydrogens (tertiary/aromatic N) is 3. The molecule has 3 rings (SSSR count). The number of nitrogens with one attached hydrogen (secondary N) is 2. The van der Waals surface area contributed by atoms with Gasteiger partial charge in [0.2, 0.25) is 0 Å². The van der Waals surface area contributed by atoms with Crippen LogP contribution in [0.2, 0.25) is 0 Å².